The Morgan fingerprint density at radius 2 is 1.84 bits per heavy atom. The van der Waals surface area contributed by atoms with Gasteiger partial charge in [0.05, 0.1) is 5.25 Å². The zero-order valence-electron chi connectivity index (χ0n) is 11.5. The summed E-state index contributed by atoms with van der Waals surface area (Å²) in [5.41, 5.74) is -0.0909. The number of thioether (sulfide) groups is 1. The van der Waals surface area contributed by atoms with Gasteiger partial charge in [0.1, 0.15) is 0 Å². The van der Waals surface area contributed by atoms with Crippen molar-refractivity contribution in [2.75, 3.05) is 0 Å². The second-order valence-electron chi connectivity index (χ2n) is 5.42. The molecule has 0 aliphatic heterocycles. The van der Waals surface area contributed by atoms with Crippen molar-refractivity contribution in [3.8, 4) is 0 Å². The summed E-state index contributed by atoms with van der Waals surface area (Å²) in [7, 11) is 0. The summed E-state index contributed by atoms with van der Waals surface area (Å²) in [5, 5.41) is 4.90. The predicted molar refractivity (Wildman–Crippen MR) is 78.7 cm³/mol. The number of nitrogens with zero attached hydrogens (tertiary/aromatic N) is 2. The van der Waals surface area contributed by atoms with Gasteiger partial charge >= 0.3 is 0 Å². The van der Waals surface area contributed by atoms with Gasteiger partial charge in [-0.1, -0.05) is 37.5 Å². The largest absolute Gasteiger partial charge is 0.338 e. The molecule has 0 bridgehead atoms. The number of aromatic nitrogens is 2. The van der Waals surface area contributed by atoms with Crippen LogP contribution in [0.3, 0.4) is 0 Å². The molecule has 0 fully saturated rings. The molecule has 1 atom stereocenters. The Morgan fingerprint density at radius 1 is 1.21 bits per heavy atom. The lowest BCUT2D eigenvalue weighted by Gasteiger charge is -2.11. The molecule has 0 spiro atoms. The van der Waals surface area contributed by atoms with E-state index >= 15 is 0 Å². The minimum Gasteiger partial charge on any atom is -0.338 e. The van der Waals surface area contributed by atoms with E-state index in [9.17, 15) is 0 Å². The Kier molecular flexibility index (Phi) is 4.21. The van der Waals surface area contributed by atoms with Crippen molar-refractivity contribution in [2.24, 2.45) is 0 Å². The average Bonchev–Trinajstić information content (AvgIpc) is 2.81. The van der Waals surface area contributed by atoms with Crippen molar-refractivity contribution in [1.29, 1.82) is 0 Å². The highest BCUT2D eigenvalue weighted by Crippen LogP contribution is 2.35. The van der Waals surface area contributed by atoms with Gasteiger partial charge < -0.3 is 4.52 Å². The lowest BCUT2D eigenvalue weighted by atomic mass is 9.96. The van der Waals surface area contributed by atoms with Gasteiger partial charge in [0, 0.05) is 15.3 Å². The molecule has 0 aliphatic rings. The first kappa shape index (κ1) is 14.4. The zero-order valence-corrected chi connectivity index (χ0v) is 13.0. The van der Waals surface area contributed by atoms with Crippen molar-refractivity contribution in [1.82, 2.24) is 10.1 Å². The van der Waals surface area contributed by atoms with E-state index in [0.717, 1.165) is 15.7 Å². The van der Waals surface area contributed by atoms with Gasteiger partial charge in [-0.3, -0.25) is 0 Å². The van der Waals surface area contributed by atoms with E-state index in [1.54, 1.807) is 11.8 Å². The molecule has 102 valence electrons. The van der Waals surface area contributed by atoms with Gasteiger partial charge in [0.2, 0.25) is 5.89 Å². The Morgan fingerprint density at radius 3 is 2.37 bits per heavy atom. The van der Waals surface area contributed by atoms with Gasteiger partial charge in [0.25, 0.3) is 0 Å². The highest BCUT2D eigenvalue weighted by atomic mass is 35.5. The third-order valence-electron chi connectivity index (χ3n) is 2.59. The van der Waals surface area contributed by atoms with Crippen LogP contribution in [0.1, 0.15) is 44.7 Å². The molecule has 2 aromatic rings. The molecule has 1 heterocycles. The molecule has 1 unspecified atom stereocenters. The van der Waals surface area contributed by atoms with Gasteiger partial charge in [0.15, 0.2) is 5.82 Å². The lowest BCUT2D eigenvalue weighted by Crippen LogP contribution is -2.13. The minimum absolute atomic E-state index is 0.0909. The van der Waals surface area contributed by atoms with Crippen LogP contribution >= 0.6 is 23.4 Å². The standard InChI is InChI=1S/C14H17ClN2OS/c1-9(19-11-7-5-10(15)6-8-11)12-16-13(17-18-12)14(2,3)4/h5-9H,1-4H3. The second-order valence-corrected chi connectivity index (χ2v) is 7.27. The van der Waals surface area contributed by atoms with E-state index in [2.05, 4.69) is 37.8 Å². The highest BCUT2D eigenvalue weighted by Gasteiger charge is 2.23. The monoisotopic (exact) mass is 296 g/mol. The Balaban J connectivity index is 2.09. The van der Waals surface area contributed by atoms with Crippen LogP contribution in [0.15, 0.2) is 33.7 Å². The Labute approximate surface area is 122 Å². The van der Waals surface area contributed by atoms with Crippen LogP contribution in [0, 0.1) is 0 Å². The van der Waals surface area contributed by atoms with Crippen LogP contribution in [-0.4, -0.2) is 10.1 Å². The first-order valence-corrected chi connectivity index (χ1v) is 7.38. The molecular weight excluding hydrogens is 280 g/mol. The molecule has 0 aliphatic carbocycles. The summed E-state index contributed by atoms with van der Waals surface area (Å²) in [5.74, 6) is 1.40. The lowest BCUT2D eigenvalue weighted by molar-refractivity contribution is 0.364. The normalized spacial score (nSPS) is 13.5. The summed E-state index contributed by atoms with van der Waals surface area (Å²) >= 11 is 7.54. The third-order valence-corrected chi connectivity index (χ3v) is 3.94. The SMILES string of the molecule is CC(Sc1ccc(Cl)cc1)c1nc(C(C)(C)C)no1. The minimum atomic E-state index is -0.0909. The predicted octanol–water partition coefficient (Wildman–Crippen LogP) is 4.87. The highest BCUT2D eigenvalue weighted by molar-refractivity contribution is 7.99. The van der Waals surface area contributed by atoms with E-state index in [-0.39, 0.29) is 10.7 Å². The van der Waals surface area contributed by atoms with E-state index in [1.807, 2.05) is 24.3 Å². The smallest absolute Gasteiger partial charge is 0.239 e. The second kappa shape index (κ2) is 5.55. The summed E-state index contributed by atoms with van der Waals surface area (Å²) in [6.07, 6.45) is 0. The average molecular weight is 297 g/mol. The summed E-state index contributed by atoms with van der Waals surface area (Å²) in [4.78, 5) is 5.60. The number of benzene rings is 1. The van der Waals surface area contributed by atoms with Crippen molar-refractivity contribution in [2.45, 2.75) is 43.3 Å². The van der Waals surface area contributed by atoms with Crippen molar-refractivity contribution in [3.63, 3.8) is 0 Å². The van der Waals surface area contributed by atoms with E-state index in [1.165, 1.54) is 0 Å². The molecule has 5 heteroatoms. The number of halogens is 1. The van der Waals surface area contributed by atoms with Crippen LogP contribution in [0.4, 0.5) is 0 Å². The molecule has 0 amide bonds. The Bertz CT molecular complexity index is 545. The first-order valence-electron chi connectivity index (χ1n) is 6.12. The molecule has 0 saturated carbocycles. The summed E-state index contributed by atoms with van der Waals surface area (Å²) in [6, 6.07) is 7.74. The molecule has 0 radical (unpaired) electrons. The maximum absolute atomic E-state index is 5.87. The van der Waals surface area contributed by atoms with Crippen molar-refractivity contribution < 1.29 is 4.52 Å². The molecule has 2 rings (SSSR count). The fraction of sp³-hybridized carbons (Fsp3) is 0.429. The quantitative estimate of drug-likeness (QED) is 0.757. The molecule has 19 heavy (non-hydrogen) atoms. The third kappa shape index (κ3) is 3.74. The summed E-state index contributed by atoms with van der Waals surface area (Å²) < 4.78 is 5.34. The molecule has 3 nitrogen and oxygen atoms in total. The van der Waals surface area contributed by atoms with Gasteiger partial charge in [-0.25, -0.2) is 0 Å². The van der Waals surface area contributed by atoms with Crippen LogP contribution in [0.5, 0.6) is 0 Å². The molecule has 0 saturated heterocycles. The molecule has 1 aromatic carbocycles. The van der Waals surface area contributed by atoms with Crippen LogP contribution in [0.25, 0.3) is 0 Å². The topological polar surface area (TPSA) is 38.9 Å². The fourth-order valence-corrected chi connectivity index (χ4v) is 2.50. The van der Waals surface area contributed by atoms with Crippen molar-refractivity contribution >= 4 is 23.4 Å². The maximum Gasteiger partial charge on any atom is 0.239 e. The number of hydrogen-bond acceptors (Lipinski definition) is 4. The van der Waals surface area contributed by atoms with Crippen molar-refractivity contribution in [3.05, 3.63) is 41.0 Å². The van der Waals surface area contributed by atoms with Crippen LogP contribution in [0.2, 0.25) is 5.02 Å². The number of rotatable bonds is 3. The first-order chi connectivity index (χ1) is 8.86. The maximum atomic E-state index is 5.87. The molecule has 1 aromatic heterocycles. The van der Waals surface area contributed by atoms with E-state index < -0.39 is 0 Å². The molecular formula is C14H17ClN2OS. The Hall–Kier alpha value is -1.00. The van der Waals surface area contributed by atoms with Gasteiger partial charge in [-0.15, -0.1) is 11.8 Å². The zero-order chi connectivity index (χ0) is 14.0. The molecule has 0 N–H and O–H groups in total. The van der Waals surface area contributed by atoms with Crippen LogP contribution < -0.4 is 0 Å². The van der Waals surface area contributed by atoms with E-state index in [0.29, 0.717) is 5.89 Å². The van der Waals surface area contributed by atoms with Gasteiger partial charge in [-0.05, 0) is 31.2 Å². The van der Waals surface area contributed by atoms with Gasteiger partial charge in [-0.2, -0.15) is 4.98 Å². The number of hydrogen-bond donors (Lipinski definition) is 0. The van der Waals surface area contributed by atoms with E-state index in [4.69, 9.17) is 16.1 Å². The summed E-state index contributed by atoms with van der Waals surface area (Å²) in [6.45, 7) is 8.26. The fourth-order valence-electron chi connectivity index (χ4n) is 1.47. The van der Waals surface area contributed by atoms with Crippen LogP contribution in [-0.2, 0) is 5.41 Å².